The van der Waals surface area contributed by atoms with Crippen molar-refractivity contribution in [1.82, 2.24) is 0 Å². The Kier molecular flexibility index (Phi) is 22.6. The number of methoxy groups -OCH3 is 2. The molecular formula is C53H62F2O13. The lowest BCUT2D eigenvalue weighted by molar-refractivity contribution is -0.163. The van der Waals surface area contributed by atoms with Crippen molar-refractivity contribution < 1.29 is 70.7 Å². The number of halogens is 2. The van der Waals surface area contributed by atoms with E-state index in [2.05, 4.69) is 42.7 Å². The van der Waals surface area contributed by atoms with Crippen molar-refractivity contribution in [3.63, 3.8) is 0 Å². The molecule has 3 aromatic carbocycles. The number of esters is 6. The van der Waals surface area contributed by atoms with E-state index in [4.69, 9.17) is 23.7 Å². The van der Waals surface area contributed by atoms with E-state index < -0.39 is 92.1 Å². The molecule has 0 aromatic heterocycles. The Morgan fingerprint density at radius 3 is 1.60 bits per heavy atom. The summed E-state index contributed by atoms with van der Waals surface area (Å²) in [4.78, 5) is 74.8. The SMILES string of the molecule is C=C(C)C(=O)OCCCc1cc(-c2c(F)cc(-c3ccc(CCCCCCC)cc3)cc2F)ccc1OCC(COC(=O)CC(=C)C(=O)OC)(COC(=O)CC(=C)C(=O)OC)COC(=O)C(=C)C. The van der Waals surface area contributed by atoms with Crippen molar-refractivity contribution >= 4 is 35.8 Å². The highest BCUT2D eigenvalue weighted by Gasteiger charge is 2.38. The molecule has 0 saturated heterocycles. The van der Waals surface area contributed by atoms with Crippen LogP contribution in [0.15, 0.2) is 103 Å². The predicted molar refractivity (Wildman–Crippen MR) is 251 cm³/mol. The van der Waals surface area contributed by atoms with Crippen molar-refractivity contribution in [3.8, 4) is 28.0 Å². The average molecular weight is 945 g/mol. The summed E-state index contributed by atoms with van der Waals surface area (Å²) in [5.41, 5.74) is 0.456. The van der Waals surface area contributed by atoms with Gasteiger partial charge in [-0.15, -0.1) is 0 Å². The van der Waals surface area contributed by atoms with Crippen LogP contribution in [0.5, 0.6) is 5.75 Å². The number of ether oxygens (including phenoxy) is 7. The van der Waals surface area contributed by atoms with Gasteiger partial charge in [0, 0.05) is 22.3 Å². The monoisotopic (exact) mass is 944 g/mol. The normalized spacial score (nSPS) is 10.9. The Morgan fingerprint density at radius 1 is 0.559 bits per heavy atom. The van der Waals surface area contributed by atoms with Gasteiger partial charge in [-0.2, -0.15) is 0 Å². The fourth-order valence-electron chi connectivity index (χ4n) is 6.61. The molecule has 0 aliphatic carbocycles. The molecule has 3 rings (SSSR count). The number of hydrogen-bond acceptors (Lipinski definition) is 13. The van der Waals surface area contributed by atoms with Gasteiger partial charge in [-0.1, -0.05) is 89.3 Å². The zero-order valence-corrected chi connectivity index (χ0v) is 39.7. The smallest absolute Gasteiger partial charge is 0.333 e. The first-order valence-electron chi connectivity index (χ1n) is 22.2. The lowest BCUT2D eigenvalue weighted by Crippen LogP contribution is -2.44. The van der Waals surface area contributed by atoms with Crippen LogP contribution in [0.25, 0.3) is 22.3 Å². The third-order valence-corrected chi connectivity index (χ3v) is 10.6. The van der Waals surface area contributed by atoms with Crippen LogP contribution in [0.1, 0.15) is 83.3 Å². The third-order valence-electron chi connectivity index (χ3n) is 10.6. The summed E-state index contributed by atoms with van der Waals surface area (Å²) >= 11 is 0. The van der Waals surface area contributed by atoms with Crippen LogP contribution in [0, 0.1) is 17.0 Å². The number of aryl methyl sites for hydroxylation is 2. The second kappa shape index (κ2) is 27.7. The maximum Gasteiger partial charge on any atom is 0.333 e. The molecule has 0 spiro atoms. The van der Waals surface area contributed by atoms with E-state index in [0.29, 0.717) is 16.7 Å². The van der Waals surface area contributed by atoms with Gasteiger partial charge >= 0.3 is 35.8 Å². The molecule has 0 atom stereocenters. The van der Waals surface area contributed by atoms with Gasteiger partial charge in [0.1, 0.15) is 49.2 Å². The number of unbranched alkanes of at least 4 members (excludes halogenated alkanes) is 4. The van der Waals surface area contributed by atoms with Gasteiger partial charge in [0.25, 0.3) is 0 Å². The van der Waals surface area contributed by atoms with Gasteiger partial charge in [-0.3, -0.25) is 9.59 Å². The summed E-state index contributed by atoms with van der Waals surface area (Å²) in [5, 5.41) is 0. The van der Waals surface area contributed by atoms with Crippen LogP contribution < -0.4 is 4.74 Å². The molecule has 0 aliphatic rings. The quantitative estimate of drug-likeness (QED) is 0.0280. The van der Waals surface area contributed by atoms with Gasteiger partial charge in [-0.05, 0) is 91.6 Å². The first kappa shape index (κ1) is 55.4. The Labute approximate surface area is 397 Å². The topological polar surface area (TPSA) is 167 Å². The Hall–Kier alpha value is -6.90. The van der Waals surface area contributed by atoms with Gasteiger partial charge in [-0.25, -0.2) is 28.0 Å². The van der Waals surface area contributed by atoms with Crippen LogP contribution in [-0.2, 0) is 70.0 Å². The zero-order valence-electron chi connectivity index (χ0n) is 39.7. The number of carbonyl (C=O) groups is 6. The number of carbonyl (C=O) groups excluding carboxylic acids is 6. The second-order valence-electron chi connectivity index (χ2n) is 16.5. The molecule has 0 radical (unpaired) electrons. The lowest BCUT2D eigenvalue weighted by atomic mass is 9.91. The van der Waals surface area contributed by atoms with Crippen molar-refractivity contribution in [1.29, 1.82) is 0 Å². The zero-order chi connectivity index (χ0) is 50.4. The molecule has 366 valence electrons. The van der Waals surface area contributed by atoms with E-state index >= 15 is 8.78 Å². The van der Waals surface area contributed by atoms with Gasteiger partial charge in [0.05, 0.1) is 39.2 Å². The largest absolute Gasteiger partial charge is 0.492 e. The average Bonchev–Trinajstić information content (AvgIpc) is 3.31. The van der Waals surface area contributed by atoms with Crippen LogP contribution >= 0.6 is 0 Å². The molecule has 0 unspecified atom stereocenters. The van der Waals surface area contributed by atoms with Crippen molar-refractivity contribution in [2.24, 2.45) is 5.41 Å². The van der Waals surface area contributed by atoms with E-state index in [9.17, 15) is 28.8 Å². The predicted octanol–water partition coefficient (Wildman–Crippen LogP) is 9.67. The highest BCUT2D eigenvalue weighted by atomic mass is 19.1. The van der Waals surface area contributed by atoms with E-state index in [-0.39, 0.29) is 58.6 Å². The Balaban J connectivity index is 2.05. The number of benzene rings is 3. The van der Waals surface area contributed by atoms with Crippen LogP contribution in [0.3, 0.4) is 0 Å². The van der Waals surface area contributed by atoms with Crippen molar-refractivity contribution in [3.05, 3.63) is 126 Å². The van der Waals surface area contributed by atoms with E-state index in [1.165, 1.54) is 63.4 Å². The molecule has 0 bridgehead atoms. The minimum Gasteiger partial charge on any atom is -0.492 e. The molecule has 0 saturated carbocycles. The van der Waals surface area contributed by atoms with Crippen molar-refractivity contribution in [2.45, 2.75) is 85.0 Å². The summed E-state index contributed by atoms with van der Waals surface area (Å²) < 4.78 is 69.6. The molecule has 0 aliphatic heterocycles. The van der Waals surface area contributed by atoms with Gasteiger partial charge in [0.15, 0.2) is 0 Å². The summed E-state index contributed by atoms with van der Waals surface area (Å²) in [6, 6.07) is 14.6. The molecule has 0 amide bonds. The molecule has 3 aromatic rings. The first-order chi connectivity index (χ1) is 32.3. The molecule has 0 fully saturated rings. The number of hydrogen-bond donors (Lipinski definition) is 0. The van der Waals surface area contributed by atoms with E-state index in [1.54, 1.807) is 0 Å². The number of rotatable bonds is 29. The molecule has 0 N–H and O–H groups in total. The van der Waals surface area contributed by atoms with Crippen LogP contribution in [0.4, 0.5) is 8.78 Å². The van der Waals surface area contributed by atoms with Crippen LogP contribution in [0.2, 0.25) is 0 Å². The maximum atomic E-state index is 16.1. The highest BCUT2D eigenvalue weighted by molar-refractivity contribution is 5.94. The molecular weight excluding hydrogens is 883 g/mol. The fourth-order valence-corrected chi connectivity index (χ4v) is 6.61. The summed E-state index contributed by atoms with van der Waals surface area (Å²) in [6.07, 6.45) is 5.87. The Morgan fingerprint density at radius 2 is 1.07 bits per heavy atom. The minimum atomic E-state index is -1.69. The minimum absolute atomic E-state index is 0.0108. The summed E-state index contributed by atoms with van der Waals surface area (Å²) in [5.74, 6) is -6.56. The Bertz CT molecular complexity index is 2260. The standard InChI is InChI=1S/C53H62F2O13/c1-10-11-12-13-14-16-38-18-20-39(21-19-38)42-28-43(54)48(44(55)29-42)41-22-23-45(40(27-41)17-15-24-64-49(58)34(2)3)65-30-53(33-68-50(59)35(4)5,31-66-46(56)25-36(6)51(60)62-8)32-67-47(57)26-37(7)52(61)63-9/h18-23,27-29H,2,4,6-7,10-17,24-26,30-33H2,1,3,5,8-9H3. The van der Waals surface area contributed by atoms with Gasteiger partial charge < -0.3 is 33.2 Å². The summed E-state index contributed by atoms with van der Waals surface area (Å²) in [7, 11) is 2.21. The second-order valence-corrected chi connectivity index (χ2v) is 16.5. The van der Waals surface area contributed by atoms with E-state index in [0.717, 1.165) is 39.0 Å². The third kappa shape index (κ3) is 17.7. The highest BCUT2D eigenvalue weighted by Crippen LogP contribution is 2.35. The fraction of sp³-hybridized carbons (Fsp3) is 0.396. The summed E-state index contributed by atoms with van der Waals surface area (Å²) in [6.45, 7) is 16.9. The molecule has 15 heteroatoms. The van der Waals surface area contributed by atoms with E-state index in [1.807, 2.05) is 24.3 Å². The lowest BCUT2D eigenvalue weighted by Gasteiger charge is -2.32. The molecule has 0 heterocycles. The van der Waals surface area contributed by atoms with Gasteiger partial charge in [0.2, 0.25) is 0 Å². The first-order valence-corrected chi connectivity index (χ1v) is 22.2. The van der Waals surface area contributed by atoms with Crippen molar-refractivity contribution in [2.75, 3.05) is 47.3 Å². The molecule has 13 nitrogen and oxygen atoms in total. The maximum absolute atomic E-state index is 16.1. The molecule has 68 heavy (non-hydrogen) atoms. The van der Waals surface area contributed by atoms with Crippen LogP contribution in [-0.4, -0.2) is 83.1 Å².